The molecule has 1 aromatic carbocycles. The fraction of sp³-hybridized carbons (Fsp3) is 0.684. The first kappa shape index (κ1) is 18.4. The molecule has 4 heteroatoms. The maximum Gasteiger partial charge on any atom is 0.0900 e. The minimum atomic E-state index is -0.751. The van der Waals surface area contributed by atoms with Gasteiger partial charge in [0.25, 0.3) is 0 Å². The van der Waals surface area contributed by atoms with Gasteiger partial charge in [0.15, 0.2) is 0 Å². The van der Waals surface area contributed by atoms with Gasteiger partial charge in [-0.05, 0) is 50.8 Å². The summed E-state index contributed by atoms with van der Waals surface area (Å²) < 4.78 is 6.01. The van der Waals surface area contributed by atoms with Gasteiger partial charge in [0.2, 0.25) is 0 Å². The third kappa shape index (κ3) is 5.88. The fourth-order valence-electron chi connectivity index (χ4n) is 3.31. The number of benzene rings is 1. The number of hydrogen-bond donors (Lipinski definition) is 2. The first-order chi connectivity index (χ1) is 10.9. The van der Waals surface area contributed by atoms with Crippen LogP contribution in [0.25, 0.3) is 0 Å². The maximum atomic E-state index is 10.3. The third-order valence-electron chi connectivity index (χ3n) is 4.33. The minimum absolute atomic E-state index is 0.0963. The van der Waals surface area contributed by atoms with E-state index in [9.17, 15) is 10.2 Å². The molecule has 1 aliphatic rings. The third-order valence-corrected chi connectivity index (χ3v) is 4.33. The van der Waals surface area contributed by atoms with Crippen LogP contribution in [-0.4, -0.2) is 53.1 Å². The van der Waals surface area contributed by atoms with E-state index in [1.54, 1.807) is 13.8 Å². The Bertz CT molecular complexity index is 484. The topological polar surface area (TPSA) is 52.9 Å². The first-order valence-corrected chi connectivity index (χ1v) is 8.71. The summed E-state index contributed by atoms with van der Waals surface area (Å²) in [5.74, 6) is 0. The number of aryl methyl sites for hydroxylation is 1. The molecule has 1 aliphatic carbocycles. The normalized spacial score (nSPS) is 19.7. The molecule has 0 aliphatic heterocycles. The highest BCUT2D eigenvalue weighted by atomic mass is 16.5. The van der Waals surface area contributed by atoms with Crippen LogP contribution < -0.4 is 0 Å². The summed E-state index contributed by atoms with van der Waals surface area (Å²) in [5, 5.41) is 20.2. The van der Waals surface area contributed by atoms with Gasteiger partial charge in [0.05, 0.1) is 24.4 Å². The van der Waals surface area contributed by atoms with Gasteiger partial charge >= 0.3 is 0 Å². The van der Waals surface area contributed by atoms with E-state index in [2.05, 4.69) is 29.2 Å². The summed E-state index contributed by atoms with van der Waals surface area (Å²) in [7, 11) is 0. The molecule has 0 saturated heterocycles. The molecule has 0 saturated carbocycles. The lowest BCUT2D eigenvalue weighted by Crippen LogP contribution is -2.43. The van der Waals surface area contributed by atoms with Gasteiger partial charge in [-0.1, -0.05) is 31.2 Å². The SMILES string of the molecule is CCN(CC(O)COC1CCCc2ccccc21)CC(C)(C)O. The van der Waals surface area contributed by atoms with Crippen molar-refractivity contribution in [1.82, 2.24) is 4.90 Å². The molecule has 23 heavy (non-hydrogen) atoms. The molecule has 0 amide bonds. The van der Waals surface area contributed by atoms with Crippen molar-refractivity contribution < 1.29 is 14.9 Å². The van der Waals surface area contributed by atoms with Crippen LogP contribution in [0, 0.1) is 0 Å². The molecule has 1 aromatic rings. The molecular weight excluding hydrogens is 290 g/mol. The van der Waals surface area contributed by atoms with Gasteiger partial charge in [-0.3, -0.25) is 4.90 Å². The first-order valence-electron chi connectivity index (χ1n) is 8.71. The number of hydrogen-bond acceptors (Lipinski definition) is 4. The minimum Gasteiger partial charge on any atom is -0.389 e. The number of rotatable bonds is 8. The molecule has 2 atom stereocenters. The summed E-state index contributed by atoms with van der Waals surface area (Å²) in [6, 6.07) is 8.44. The van der Waals surface area contributed by atoms with Crippen LogP contribution in [0.3, 0.4) is 0 Å². The highest BCUT2D eigenvalue weighted by Crippen LogP contribution is 2.32. The van der Waals surface area contributed by atoms with E-state index in [1.807, 2.05) is 6.92 Å². The van der Waals surface area contributed by atoms with Gasteiger partial charge in [0, 0.05) is 13.1 Å². The molecule has 2 N–H and O–H groups in total. The van der Waals surface area contributed by atoms with Gasteiger partial charge in [-0.2, -0.15) is 0 Å². The van der Waals surface area contributed by atoms with E-state index in [0.717, 1.165) is 25.8 Å². The molecule has 0 radical (unpaired) electrons. The van der Waals surface area contributed by atoms with Crippen LogP contribution in [0.2, 0.25) is 0 Å². The highest BCUT2D eigenvalue weighted by molar-refractivity contribution is 5.31. The van der Waals surface area contributed by atoms with Gasteiger partial charge < -0.3 is 14.9 Å². The largest absolute Gasteiger partial charge is 0.389 e. The average molecular weight is 321 g/mol. The predicted octanol–water partition coefficient (Wildman–Crippen LogP) is 2.53. The van der Waals surface area contributed by atoms with Crippen LogP contribution in [0.5, 0.6) is 0 Å². The second kappa shape index (κ2) is 8.25. The summed E-state index contributed by atoms with van der Waals surface area (Å²) in [5.41, 5.74) is 1.89. The Morgan fingerprint density at radius 3 is 2.78 bits per heavy atom. The molecule has 0 aromatic heterocycles. The quantitative estimate of drug-likeness (QED) is 0.772. The van der Waals surface area contributed by atoms with Crippen molar-refractivity contribution in [3.8, 4) is 0 Å². The molecule has 0 heterocycles. The zero-order valence-corrected chi connectivity index (χ0v) is 14.7. The van der Waals surface area contributed by atoms with Crippen molar-refractivity contribution in [1.29, 1.82) is 0 Å². The second-order valence-electron chi connectivity index (χ2n) is 7.21. The zero-order valence-electron chi connectivity index (χ0n) is 14.7. The zero-order chi connectivity index (χ0) is 16.9. The van der Waals surface area contributed by atoms with E-state index in [4.69, 9.17) is 4.74 Å². The number of fused-ring (bicyclic) bond motifs is 1. The van der Waals surface area contributed by atoms with E-state index in [0.29, 0.717) is 19.7 Å². The van der Waals surface area contributed by atoms with Crippen molar-refractivity contribution >= 4 is 0 Å². The summed E-state index contributed by atoms with van der Waals surface area (Å²) >= 11 is 0. The molecule has 0 fully saturated rings. The van der Waals surface area contributed by atoms with Gasteiger partial charge in [-0.15, -0.1) is 0 Å². The number of ether oxygens (including phenoxy) is 1. The van der Waals surface area contributed by atoms with E-state index < -0.39 is 11.7 Å². The van der Waals surface area contributed by atoms with E-state index in [-0.39, 0.29) is 6.10 Å². The Labute approximate surface area is 140 Å². The Morgan fingerprint density at radius 2 is 2.09 bits per heavy atom. The van der Waals surface area contributed by atoms with Gasteiger partial charge in [-0.25, -0.2) is 0 Å². The summed E-state index contributed by atoms with van der Waals surface area (Å²) in [4.78, 5) is 2.06. The summed E-state index contributed by atoms with van der Waals surface area (Å²) in [6.45, 7) is 7.82. The molecule has 130 valence electrons. The Morgan fingerprint density at radius 1 is 1.35 bits per heavy atom. The van der Waals surface area contributed by atoms with Crippen LogP contribution in [-0.2, 0) is 11.2 Å². The monoisotopic (exact) mass is 321 g/mol. The number of aliphatic hydroxyl groups is 2. The van der Waals surface area contributed by atoms with Crippen molar-refractivity contribution in [2.24, 2.45) is 0 Å². The van der Waals surface area contributed by atoms with Crippen molar-refractivity contribution in [3.63, 3.8) is 0 Å². The maximum absolute atomic E-state index is 10.3. The average Bonchev–Trinajstić information content (AvgIpc) is 2.51. The van der Waals surface area contributed by atoms with Crippen LogP contribution >= 0.6 is 0 Å². The second-order valence-corrected chi connectivity index (χ2v) is 7.21. The molecule has 0 spiro atoms. The highest BCUT2D eigenvalue weighted by Gasteiger charge is 2.23. The van der Waals surface area contributed by atoms with Crippen LogP contribution in [0.4, 0.5) is 0 Å². The number of likely N-dealkylation sites (N-methyl/N-ethyl adjacent to an activating group) is 1. The molecule has 2 unspecified atom stereocenters. The summed E-state index contributed by atoms with van der Waals surface area (Å²) in [6.07, 6.45) is 2.83. The standard InChI is InChI=1S/C19H31NO3/c1-4-20(14-19(2,3)22)12-16(21)13-23-18-11-7-9-15-8-5-6-10-17(15)18/h5-6,8,10,16,18,21-22H,4,7,9,11-14H2,1-3H3. The predicted molar refractivity (Wildman–Crippen MR) is 92.5 cm³/mol. The van der Waals surface area contributed by atoms with Gasteiger partial charge in [0.1, 0.15) is 0 Å². The molecule has 2 rings (SSSR count). The lowest BCUT2D eigenvalue weighted by molar-refractivity contribution is -0.0371. The van der Waals surface area contributed by atoms with E-state index in [1.165, 1.54) is 11.1 Å². The molecule has 0 bridgehead atoms. The Balaban J connectivity index is 1.84. The van der Waals surface area contributed by atoms with Crippen molar-refractivity contribution in [2.45, 2.75) is 57.8 Å². The molecular formula is C19H31NO3. The smallest absolute Gasteiger partial charge is 0.0900 e. The number of nitrogens with zero attached hydrogens (tertiary/aromatic N) is 1. The molecule has 4 nitrogen and oxygen atoms in total. The van der Waals surface area contributed by atoms with Crippen LogP contribution in [0.1, 0.15) is 50.8 Å². The number of aliphatic hydroxyl groups excluding tert-OH is 1. The Hall–Kier alpha value is -0.940. The Kier molecular flexibility index (Phi) is 6.60. The van der Waals surface area contributed by atoms with Crippen molar-refractivity contribution in [3.05, 3.63) is 35.4 Å². The van der Waals surface area contributed by atoms with Crippen molar-refractivity contribution in [2.75, 3.05) is 26.2 Å². The van der Waals surface area contributed by atoms with E-state index >= 15 is 0 Å². The van der Waals surface area contributed by atoms with Crippen LogP contribution in [0.15, 0.2) is 24.3 Å². The fourth-order valence-corrected chi connectivity index (χ4v) is 3.31. The lowest BCUT2D eigenvalue weighted by Gasteiger charge is -2.31. The lowest BCUT2D eigenvalue weighted by atomic mass is 9.89.